The van der Waals surface area contributed by atoms with E-state index >= 15 is 0 Å². The monoisotopic (exact) mass is 385 g/mol. The Morgan fingerprint density at radius 3 is 2.46 bits per heavy atom. The number of hydrogen-bond donors (Lipinski definition) is 1. The molecule has 0 saturated carbocycles. The number of allylic oxidation sites excluding steroid dienone is 3. The minimum Gasteiger partial charge on any atom is -0.466 e. The second kappa shape index (κ2) is 6.85. The van der Waals surface area contributed by atoms with E-state index in [1.54, 1.807) is 22.7 Å². The van der Waals surface area contributed by atoms with Crippen molar-refractivity contribution in [2.24, 2.45) is 0 Å². The van der Waals surface area contributed by atoms with Crippen LogP contribution in [0.25, 0.3) is 0 Å². The molecule has 0 bridgehead atoms. The Hall–Kier alpha value is -2.18. The molecule has 0 amide bonds. The fraction of sp³-hybridized carbons (Fsp3) is 0.300. The summed E-state index contributed by atoms with van der Waals surface area (Å²) >= 11 is 3.26. The largest absolute Gasteiger partial charge is 0.466 e. The van der Waals surface area contributed by atoms with Gasteiger partial charge in [0.15, 0.2) is 5.78 Å². The summed E-state index contributed by atoms with van der Waals surface area (Å²) in [5.74, 6) is -0.404. The lowest BCUT2D eigenvalue weighted by atomic mass is 9.74. The fourth-order valence-corrected chi connectivity index (χ4v) is 5.56. The molecule has 26 heavy (non-hydrogen) atoms. The smallest absolute Gasteiger partial charge is 0.336 e. The summed E-state index contributed by atoms with van der Waals surface area (Å²) in [5.41, 5.74) is 2.99. The highest BCUT2D eigenvalue weighted by Gasteiger charge is 2.41. The van der Waals surface area contributed by atoms with Gasteiger partial charge in [0.1, 0.15) is 0 Å². The van der Waals surface area contributed by atoms with Crippen molar-refractivity contribution in [1.82, 2.24) is 5.32 Å². The molecule has 6 heteroatoms. The third kappa shape index (κ3) is 2.83. The number of carbonyl (C=O) groups is 2. The van der Waals surface area contributed by atoms with Gasteiger partial charge in [0.25, 0.3) is 0 Å². The Balaban J connectivity index is 1.80. The van der Waals surface area contributed by atoms with E-state index in [-0.39, 0.29) is 23.6 Å². The highest BCUT2D eigenvalue weighted by molar-refractivity contribution is 7.10. The number of hydrogen-bond acceptors (Lipinski definition) is 6. The van der Waals surface area contributed by atoms with E-state index in [0.717, 1.165) is 28.3 Å². The zero-order valence-corrected chi connectivity index (χ0v) is 16.2. The summed E-state index contributed by atoms with van der Waals surface area (Å²) in [6, 6.07) is 8.06. The Kier molecular flexibility index (Phi) is 4.54. The summed E-state index contributed by atoms with van der Waals surface area (Å²) in [4.78, 5) is 27.8. The minimum atomic E-state index is -0.381. The van der Waals surface area contributed by atoms with Crippen LogP contribution in [0, 0.1) is 0 Å². The van der Waals surface area contributed by atoms with Gasteiger partial charge in [-0.1, -0.05) is 12.1 Å². The second-order valence-corrected chi connectivity index (χ2v) is 8.50. The summed E-state index contributed by atoms with van der Waals surface area (Å²) in [6.45, 7) is 1.88. The van der Waals surface area contributed by atoms with Crippen molar-refractivity contribution in [3.05, 3.63) is 67.3 Å². The first-order chi connectivity index (χ1) is 12.6. The molecule has 1 aliphatic carbocycles. The average Bonchev–Trinajstić information content (AvgIpc) is 3.33. The highest BCUT2D eigenvalue weighted by atomic mass is 32.1. The van der Waals surface area contributed by atoms with Crippen LogP contribution >= 0.6 is 22.7 Å². The number of carbonyl (C=O) groups excluding carboxylic acids is 2. The molecule has 4 nitrogen and oxygen atoms in total. The number of nitrogens with one attached hydrogen (secondary N) is 1. The predicted octanol–water partition coefficient (Wildman–Crippen LogP) is 4.34. The van der Waals surface area contributed by atoms with Gasteiger partial charge in [-0.3, -0.25) is 4.79 Å². The van der Waals surface area contributed by atoms with Crippen molar-refractivity contribution in [2.75, 3.05) is 7.11 Å². The van der Waals surface area contributed by atoms with E-state index in [0.29, 0.717) is 12.0 Å². The van der Waals surface area contributed by atoms with Gasteiger partial charge in [-0.15, -0.1) is 22.7 Å². The zero-order valence-electron chi connectivity index (χ0n) is 14.6. The number of Topliss-reactive ketones (excluding diaryl/α,β-unsaturated/α-hetero) is 1. The molecule has 0 spiro atoms. The maximum absolute atomic E-state index is 13.1. The molecule has 134 valence electrons. The third-order valence-corrected chi connectivity index (χ3v) is 6.98. The van der Waals surface area contributed by atoms with E-state index in [1.165, 1.54) is 12.0 Å². The van der Waals surface area contributed by atoms with E-state index in [9.17, 15) is 9.59 Å². The standard InChI is InChI=1S/C20H19NO3S2/c1-11-17(20(23)24-2)19(16-6-4-8-26-16)18-13(21-11)9-12(10-14(18)22)15-5-3-7-25-15/h3-8,12,19,21H,9-10H2,1-2H3. The van der Waals surface area contributed by atoms with Crippen LogP contribution in [0.5, 0.6) is 0 Å². The molecular formula is C20H19NO3S2. The highest BCUT2D eigenvalue weighted by Crippen LogP contribution is 2.47. The van der Waals surface area contributed by atoms with E-state index in [2.05, 4.69) is 11.4 Å². The van der Waals surface area contributed by atoms with Gasteiger partial charge in [-0.25, -0.2) is 4.79 Å². The van der Waals surface area contributed by atoms with Crippen LogP contribution in [-0.4, -0.2) is 18.9 Å². The second-order valence-electron chi connectivity index (χ2n) is 6.54. The van der Waals surface area contributed by atoms with Crippen LogP contribution in [0.3, 0.4) is 0 Å². The lowest BCUT2D eigenvalue weighted by Gasteiger charge is -2.35. The van der Waals surface area contributed by atoms with Crippen molar-refractivity contribution in [3.8, 4) is 0 Å². The number of methoxy groups -OCH3 is 1. The summed E-state index contributed by atoms with van der Waals surface area (Å²) in [6.07, 6.45) is 1.27. The molecule has 2 atom stereocenters. The van der Waals surface area contributed by atoms with Crippen molar-refractivity contribution in [2.45, 2.75) is 31.6 Å². The zero-order chi connectivity index (χ0) is 18.3. The van der Waals surface area contributed by atoms with Crippen molar-refractivity contribution < 1.29 is 14.3 Å². The number of dihydropyridines is 1. The number of esters is 1. The van der Waals surface area contributed by atoms with E-state index in [1.807, 2.05) is 35.9 Å². The minimum absolute atomic E-state index is 0.115. The molecule has 4 rings (SSSR count). The molecule has 3 heterocycles. The van der Waals surface area contributed by atoms with Crippen molar-refractivity contribution in [3.63, 3.8) is 0 Å². The number of ether oxygens (including phenoxy) is 1. The molecule has 0 saturated heterocycles. The third-order valence-electron chi connectivity index (χ3n) is 5.01. The first-order valence-corrected chi connectivity index (χ1v) is 10.2. The predicted molar refractivity (Wildman–Crippen MR) is 103 cm³/mol. The van der Waals surface area contributed by atoms with Crippen LogP contribution in [0.15, 0.2) is 57.6 Å². The Labute approximate surface area is 160 Å². The van der Waals surface area contributed by atoms with Crippen LogP contribution in [0.1, 0.15) is 41.4 Å². The topological polar surface area (TPSA) is 55.4 Å². The van der Waals surface area contributed by atoms with Gasteiger partial charge in [-0.05, 0) is 36.2 Å². The summed E-state index contributed by atoms with van der Waals surface area (Å²) in [7, 11) is 1.38. The van der Waals surface area contributed by atoms with Crippen LogP contribution < -0.4 is 5.32 Å². The molecule has 2 aromatic heterocycles. The maximum atomic E-state index is 13.1. The van der Waals surface area contributed by atoms with Crippen LogP contribution in [-0.2, 0) is 14.3 Å². The molecule has 2 aliphatic rings. The van der Waals surface area contributed by atoms with Crippen molar-refractivity contribution >= 4 is 34.4 Å². The molecule has 1 aliphatic heterocycles. The number of rotatable bonds is 3. The van der Waals surface area contributed by atoms with Crippen molar-refractivity contribution in [1.29, 1.82) is 0 Å². The van der Waals surface area contributed by atoms with Crippen LogP contribution in [0.2, 0.25) is 0 Å². The SMILES string of the molecule is COC(=O)C1=C(C)NC2=C(C(=O)CC(c3cccs3)C2)C1c1cccs1. The fourth-order valence-electron chi connectivity index (χ4n) is 3.88. The summed E-state index contributed by atoms with van der Waals surface area (Å²) < 4.78 is 5.02. The molecule has 2 aromatic rings. The van der Waals surface area contributed by atoms with E-state index in [4.69, 9.17) is 4.74 Å². The molecule has 1 N–H and O–H groups in total. The number of ketones is 1. The molecular weight excluding hydrogens is 366 g/mol. The quantitative estimate of drug-likeness (QED) is 0.799. The van der Waals surface area contributed by atoms with Gasteiger partial charge >= 0.3 is 5.97 Å². The molecule has 0 fully saturated rings. The normalized spacial score (nSPS) is 22.9. The first kappa shape index (κ1) is 17.2. The van der Waals surface area contributed by atoms with E-state index < -0.39 is 0 Å². The molecule has 0 aromatic carbocycles. The van der Waals surface area contributed by atoms with Gasteiger partial charge < -0.3 is 10.1 Å². The van der Waals surface area contributed by atoms with Gasteiger partial charge in [0.05, 0.1) is 18.6 Å². The molecule has 2 unspecified atom stereocenters. The Morgan fingerprint density at radius 2 is 1.85 bits per heavy atom. The van der Waals surface area contributed by atoms with Gasteiger partial charge in [-0.2, -0.15) is 0 Å². The summed E-state index contributed by atoms with van der Waals surface area (Å²) in [5, 5.41) is 7.37. The van der Waals surface area contributed by atoms with Gasteiger partial charge in [0.2, 0.25) is 0 Å². The lowest BCUT2D eigenvalue weighted by Crippen LogP contribution is -2.35. The Morgan fingerprint density at radius 1 is 1.15 bits per heavy atom. The first-order valence-electron chi connectivity index (χ1n) is 8.49. The molecule has 0 radical (unpaired) electrons. The van der Waals surface area contributed by atoms with Gasteiger partial charge in [0, 0.05) is 39.1 Å². The average molecular weight is 386 g/mol. The maximum Gasteiger partial charge on any atom is 0.336 e. The number of thiophene rings is 2. The lowest BCUT2D eigenvalue weighted by molar-refractivity contribution is -0.136. The van der Waals surface area contributed by atoms with Crippen LogP contribution in [0.4, 0.5) is 0 Å². The Bertz CT molecular complexity index is 907.